The van der Waals surface area contributed by atoms with Crippen molar-refractivity contribution >= 4 is 11.9 Å². The van der Waals surface area contributed by atoms with Crippen molar-refractivity contribution in [3.63, 3.8) is 0 Å². The number of nitrogens with one attached hydrogen (secondary N) is 2. The second-order valence-electron chi connectivity index (χ2n) is 9.59. The molecule has 0 saturated carbocycles. The van der Waals surface area contributed by atoms with Crippen molar-refractivity contribution in [3.05, 3.63) is 70.8 Å². The maximum absolute atomic E-state index is 12.0. The lowest BCUT2D eigenvalue weighted by Crippen LogP contribution is -2.34. The Morgan fingerprint density at radius 1 is 0.737 bits per heavy atom. The fraction of sp³-hybridized carbons (Fsp3) is 0.467. The molecule has 0 saturated heterocycles. The summed E-state index contributed by atoms with van der Waals surface area (Å²) in [7, 11) is 0. The Morgan fingerprint density at radius 3 is 1.63 bits per heavy atom. The third-order valence-electron chi connectivity index (χ3n) is 6.73. The second-order valence-corrected chi connectivity index (χ2v) is 9.59. The lowest BCUT2D eigenvalue weighted by molar-refractivity contribution is -0.146. The van der Waals surface area contributed by atoms with Gasteiger partial charge in [0.25, 0.3) is 0 Å². The highest BCUT2D eigenvalue weighted by Gasteiger charge is 2.16. The van der Waals surface area contributed by atoms with Gasteiger partial charge in [0.2, 0.25) is 0 Å². The summed E-state index contributed by atoms with van der Waals surface area (Å²) >= 11 is 0. The Hall–Kier alpha value is -3.36. The van der Waals surface area contributed by atoms with E-state index < -0.39 is 24.4 Å². The molecule has 2 aromatic carbocycles. The van der Waals surface area contributed by atoms with Crippen molar-refractivity contribution in [3.8, 4) is 11.5 Å². The average molecular weight is 523 g/mol. The Balaban J connectivity index is 1.06. The molecule has 2 N–H and O–H groups in total. The van der Waals surface area contributed by atoms with Gasteiger partial charge in [0.05, 0.1) is 0 Å². The average Bonchev–Trinajstić information content (AvgIpc) is 3.58. The van der Waals surface area contributed by atoms with Crippen LogP contribution in [0.1, 0.15) is 48.9 Å². The fourth-order valence-corrected chi connectivity index (χ4v) is 4.93. The molecule has 8 nitrogen and oxygen atoms in total. The highest BCUT2D eigenvalue weighted by Crippen LogP contribution is 2.31. The van der Waals surface area contributed by atoms with Crippen molar-refractivity contribution in [2.45, 2.75) is 64.8 Å². The van der Waals surface area contributed by atoms with Crippen LogP contribution in [0.2, 0.25) is 0 Å². The van der Waals surface area contributed by atoms with Crippen LogP contribution < -0.4 is 20.1 Å². The van der Waals surface area contributed by atoms with Crippen LogP contribution >= 0.6 is 0 Å². The summed E-state index contributed by atoms with van der Waals surface area (Å²) in [6.07, 6.45) is 7.75. The van der Waals surface area contributed by atoms with Crippen molar-refractivity contribution in [2.24, 2.45) is 0 Å². The minimum absolute atomic E-state index is 0.462. The molecule has 0 bridgehead atoms. The van der Waals surface area contributed by atoms with Gasteiger partial charge < -0.3 is 18.9 Å². The van der Waals surface area contributed by atoms with E-state index in [2.05, 4.69) is 22.8 Å². The topological polar surface area (TPSA) is 95.1 Å². The molecule has 0 heterocycles. The predicted molar refractivity (Wildman–Crippen MR) is 144 cm³/mol. The highest BCUT2D eigenvalue weighted by atomic mass is 16.6. The highest BCUT2D eigenvalue weighted by molar-refractivity contribution is 5.91. The number of esters is 2. The number of ether oxygens (including phenoxy) is 4. The summed E-state index contributed by atoms with van der Waals surface area (Å²) in [6.45, 7) is 5.41. The summed E-state index contributed by atoms with van der Waals surface area (Å²) in [6, 6.07) is 12.4. The Kier molecular flexibility index (Phi) is 10.2. The lowest BCUT2D eigenvalue weighted by Gasteiger charge is -2.16. The molecule has 8 heteroatoms. The summed E-state index contributed by atoms with van der Waals surface area (Å²) in [5, 5.41) is 6.17. The smallest absolute Gasteiger partial charge is 0.332 e. The maximum atomic E-state index is 12.0. The molecule has 2 aromatic rings. The predicted octanol–water partition coefficient (Wildman–Crippen LogP) is 3.64. The van der Waals surface area contributed by atoms with E-state index in [4.69, 9.17) is 18.9 Å². The van der Waals surface area contributed by atoms with Crippen LogP contribution in [0.3, 0.4) is 0 Å². The Labute approximate surface area is 224 Å². The van der Waals surface area contributed by atoms with Crippen molar-refractivity contribution in [1.29, 1.82) is 0 Å². The van der Waals surface area contributed by atoms with E-state index in [1.165, 1.54) is 35.1 Å². The number of fused-ring (bicyclic) bond motifs is 2. The van der Waals surface area contributed by atoms with Crippen LogP contribution in [0.15, 0.2) is 48.6 Å². The van der Waals surface area contributed by atoms with Gasteiger partial charge in [-0.05, 0) is 86.8 Å². The van der Waals surface area contributed by atoms with Crippen LogP contribution in [0.25, 0.3) is 0 Å². The standard InChI is InChI=1S/C30H38N2O6/c1-21(31-17-19-35-27-13-5-9-23-7-3-11-25(23)27)37-29(33)15-16-30(34)38-22(2)32-18-20-36-28-14-6-10-24-8-4-12-26(24)28/h5-6,9-10,13-16,21-22,31-32H,3-4,7-8,11-12,17-20H2,1-2H3/b16-15-. The number of hydrogen-bond donors (Lipinski definition) is 2. The first-order valence-electron chi connectivity index (χ1n) is 13.5. The van der Waals surface area contributed by atoms with E-state index in [9.17, 15) is 9.59 Å². The molecule has 0 aromatic heterocycles. The Morgan fingerprint density at radius 2 is 1.18 bits per heavy atom. The van der Waals surface area contributed by atoms with Gasteiger partial charge in [0.15, 0.2) is 12.5 Å². The molecule has 38 heavy (non-hydrogen) atoms. The zero-order valence-corrected chi connectivity index (χ0v) is 22.3. The molecule has 4 rings (SSSR count). The summed E-state index contributed by atoms with van der Waals surface area (Å²) in [4.78, 5) is 24.1. The van der Waals surface area contributed by atoms with Crippen LogP contribution in [-0.4, -0.2) is 50.7 Å². The molecule has 2 aliphatic rings. The molecule has 2 atom stereocenters. The molecule has 0 aliphatic heterocycles. The normalized spacial score (nSPS) is 15.5. The number of aryl methyl sites for hydroxylation is 2. The molecule has 2 unspecified atom stereocenters. The molecular formula is C30H38N2O6. The van der Waals surface area contributed by atoms with Gasteiger partial charge in [-0.25, -0.2) is 9.59 Å². The van der Waals surface area contributed by atoms with Gasteiger partial charge in [0, 0.05) is 25.2 Å². The molecule has 0 fully saturated rings. The summed E-state index contributed by atoms with van der Waals surface area (Å²) in [5.74, 6) is 0.605. The lowest BCUT2D eigenvalue weighted by atomic mass is 10.1. The van der Waals surface area contributed by atoms with Crippen LogP contribution in [0, 0.1) is 0 Å². The number of hydrogen-bond acceptors (Lipinski definition) is 8. The van der Waals surface area contributed by atoms with Gasteiger partial charge in [-0.1, -0.05) is 24.3 Å². The molecule has 0 spiro atoms. The SMILES string of the molecule is CC(NCCOc1cccc2c1CCC2)OC(=O)/C=C\C(=O)OC(C)NCCOc1cccc2c1CCC2. The van der Waals surface area contributed by atoms with Gasteiger partial charge in [-0.3, -0.25) is 10.6 Å². The molecule has 0 radical (unpaired) electrons. The van der Waals surface area contributed by atoms with E-state index in [0.29, 0.717) is 26.3 Å². The van der Waals surface area contributed by atoms with Gasteiger partial charge in [-0.2, -0.15) is 0 Å². The molecule has 2 aliphatic carbocycles. The first kappa shape index (κ1) is 27.7. The van der Waals surface area contributed by atoms with Crippen LogP contribution in [-0.2, 0) is 44.7 Å². The number of carbonyl (C=O) groups is 2. The number of rotatable bonds is 14. The van der Waals surface area contributed by atoms with Gasteiger partial charge in [-0.15, -0.1) is 0 Å². The Bertz CT molecular complexity index is 1040. The van der Waals surface area contributed by atoms with Crippen molar-refractivity contribution in [2.75, 3.05) is 26.3 Å². The number of carbonyl (C=O) groups excluding carboxylic acids is 2. The fourth-order valence-electron chi connectivity index (χ4n) is 4.93. The zero-order valence-electron chi connectivity index (χ0n) is 22.3. The van der Waals surface area contributed by atoms with E-state index in [-0.39, 0.29) is 0 Å². The van der Waals surface area contributed by atoms with Crippen LogP contribution in [0.4, 0.5) is 0 Å². The minimum atomic E-state index is -0.631. The summed E-state index contributed by atoms with van der Waals surface area (Å²) in [5.41, 5.74) is 5.34. The molecule has 0 amide bonds. The number of benzene rings is 2. The van der Waals surface area contributed by atoms with E-state index in [0.717, 1.165) is 49.3 Å². The minimum Gasteiger partial charge on any atom is -0.492 e. The monoisotopic (exact) mass is 522 g/mol. The van der Waals surface area contributed by atoms with E-state index in [1.807, 2.05) is 24.3 Å². The van der Waals surface area contributed by atoms with Crippen molar-refractivity contribution in [1.82, 2.24) is 10.6 Å². The largest absolute Gasteiger partial charge is 0.492 e. The first-order chi connectivity index (χ1) is 18.5. The van der Waals surface area contributed by atoms with Gasteiger partial charge in [0.1, 0.15) is 24.7 Å². The molecule has 204 valence electrons. The summed E-state index contributed by atoms with van der Waals surface area (Å²) < 4.78 is 22.3. The van der Waals surface area contributed by atoms with E-state index in [1.54, 1.807) is 13.8 Å². The van der Waals surface area contributed by atoms with E-state index >= 15 is 0 Å². The van der Waals surface area contributed by atoms with Crippen molar-refractivity contribution < 1.29 is 28.5 Å². The zero-order chi connectivity index (χ0) is 26.7. The first-order valence-corrected chi connectivity index (χ1v) is 13.5. The van der Waals surface area contributed by atoms with Gasteiger partial charge >= 0.3 is 11.9 Å². The third-order valence-corrected chi connectivity index (χ3v) is 6.73. The third kappa shape index (κ3) is 8.07. The quantitative estimate of drug-likeness (QED) is 0.168. The van der Waals surface area contributed by atoms with Crippen LogP contribution in [0.5, 0.6) is 11.5 Å². The molecular weight excluding hydrogens is 484 g/mol. The second kappa shape index (κ2) is 14.0. The maximum Gasteiger partial charge on any atom is 0.332 e.